The van der Waals surface area contributed by atoms with Gasteiger partial charge in [-0.15, -0.1) is 0 Å². The molecule has 0 aliphatic carbocycles. The molecule has 0 saturated heterocycles. The Bertz CT molecular complexity index is 495. The molecule has 0 aromatic carbocycles. The number of halogens is 3. The number of carbonyl (C=O) groups is 1. The number of carboxylic acid groups (broad SMARTS) is 1. The lowest BCUT2D eigenvalue weighted by Crippen LogP contribution is -2.11. The largest absolute Gasteiger partial charge is 0.478 e. The third kappa shape index (κ3) is 4.08. The molecule has 1 rings (SSSR count). The van der Waals surface area contributed by atoms with Gasteiger partial charge in [0.2, 0.25) is 0 Å². The van der Waals surface area contributed by atoms with Gasteiger partial charge in [-0.05, 0) is 30.0 Å². The molecule has 1 atom stereocenters. The first kappa shape index (κ1) is 15.2. The molecule has 1 heterocycles. The van der Waals surface area contributed by atoms with Gasteiger partial charge >= 0.3 is 12.1 Å². The van der Waals surface area contributed by atoms with Crippen molar-refractivity contribution in [2.45, 2.75) is 32.4 Å². The normalized spacial score (nSPS) is 13.7. The summed E-state index contributed by atoms with van der Waals surface area (Å²) in [4.78, 5) is 14.1. The summed E-state index contributed by atoms with van der Waals surface area (Å²) in [5.41, 5.74) is -0.310. The zero-order chi connectivity index (χ0) is 14.6. The highest BCUT2D eigenvalue weighted by Gasteiger charge is 2.33. The van der Waals surface area contributed by atoms with Crippen LogP contribution in [0.3, 0.4) is 0 Å². The van der Waals surface area contributed by atoms with Crippen LogP contribution in [-0.4, -0.2) is 16.1 Å². The van der Waals surface area contributed by atoms with Gasteiger partial charge in [-0.1, -0.05) is 19.9 Å². The third-order valence-electron chi connectivity index (χ3n) is 2.73. The lowest BCUT2D eigenvalue weighted by Gasteiger charge is -2.14. The van der Waals surface area contributed by atoms with Crippen LogP contribution in [0.1, 0.15) is 43.1 Å². The Morgan fingerprint density at radius 3 is 2.58 bits per heavy atom. The molecule has 0 bridgehead atoms. The van der Waals surface area contributed by atoms with E-state index in [2.05, 4.69) is 4.98 Å². The minimum Gasteiger partial charge on any atom is -0.478 e. The second kappa shape index (κ2) is 5.86. The molecular formula is C13H14F3NO2. The number of nitrogens with zero attached hydrogens (tertiary/aromatic N) is 1. The Hall–Kier alpha value is -1.85. The quantitative estimate of drug-likeness (QED) is 0.851. The number of alkyl halides is 3. The zero-order valence-electron chi connectivity index (χ0n) is 10.5. The standard InChI is InChI=1S/C13H14F3NO2/c1-3-8(2)12-9(5-7-11(18)19)4-6-10(17-12)13(14,15)16/h4-8H,3H2,1-2H3,(H,18,19). The van der Waals surface area contributed by atoms with E-state index in [0.717, 1.165) is 12.1 Å². The number of hydrogen-bond acceptors (Lipinski definition) is 2. The summed E-state index contributed by atoms with van der Waals surface area (Å²) < 4.78 is 37.8. The first-order valence-corrected chi connectivity index (χ1v) is 5.74. The van der Waals surface area contributed by atoms with Gasteiger partial charge in [0.25, 0.3) is 0 Å². The van der Waals surface area contributed by atoms with Gasteiger partial charge in [-0.25, -0.2) is 9.78 Å². The van der Waals surface area contributed by atoms with Crippen molar-refractivity contribution in [1.82, 2.24) is 4.98 Å². The van der Waals surface area contributed by atoms with Crippen molar-refractivity contribution in [3.8, 4) is 0 Å². The molecule has 0 spiro atoms. The van der Waals surface area contributed by atoms with Gasteiger partial charge in [-0.3, -0.25) is 0 Å². The maximum Gasteiger partial charge on any atom is 0.433 e. The number of aliphatic carboxylic acids is 1. The number of pyridine rings is 1. The second-order valence-corrected chi connectivity index (χ2v) is 4.15. The fourth-order valence-electron chi connectivity index (χ4n) is 1.53. The minimum absolute atomic E-state index is 0.184. The Kier molecular flexibility index (Phi) is 4.69. The van der Waals surface area contributed by atoms with Crippen LogP contribution in [0, 0.1) is 0 Å². The maximum absolute atomic E-state index is 12.6. The fraction of sp³-hybridized carbons (Fsp3) is 0.385. The molecule has 104 valence electrons. The van der Waals surface area contributed by atoms with Crippen molar-refractivity contribution >= 4 is 12.0 Å². The molecule has 1 N–H and O–H groups in total. The molecule has 0 saturated carbocycles. The van der Waals surface area contributed by atoms with Gasteiger partial charge < -0.3 is 5.11 Å². The summed E-state index contributed by atoms with van der Waals surface area (Å²) in [5.74, 6) is -1.34. The van der Waals surface area contributed by atoms with Crippen LogP contribution < -0.4 is 0 Å². The second-order valence-electron chi connectivity index (χ2n) is 4.15. The van der Waals surface area contributed by atoms with Crippen molar-refractivity contribution in [2.75, 3.05) is 0 Å². The van der Waals surface area contributed by atoms with E-state index in [-0.39, 0.29) is 11.6 Å². The maximum atomic E-state index is 12.6. The van der Waals surface area contributed by atoms with E-state index in [0.29, 0.717) is 12.0 Å². The van der Waals surface area contributed by atoms with Crippen molar-refractivity contribution in [3.05, 3.63) is 35.2 Å². The van der Waals surface area contributed by atoms with Crippen LogP contribution in [0.5, 0.6) is 0 Å². The minimum atomic E-state index is -4.50. The van der Waals surface area contributed by atoms with E-state index < -0.39 is 17.8 Å². The van der Waals surface area contributed by atoms with Gasteiger partial charge in [0.05, 0.1) is 5.69 Å². The highest BCUT2D eigenvalue weighted by molar-refractivity contribution is 5.85. The number of aromatic nitrogens is 1. The summed E-state index contributed by atoms with van der Waals surface area (Å²) >= 11 is 0. The van der Waals surface area contributed by atoms with Gasteiger partial charge in [0, 0.05) is 6.08 Å². The molecule has 0 radical (unpaired) electrons. The third-order valence-corrected chi connectivity index (χ3v) is 2.73. The monoisotopic (exact) mass is 273 g/mol. The smallest absolute Gasteiger partial charge is 0.433 e. The molecule has 0 aliphatic heterocycles. The number of rotatable bonds is 4. The molecule has 1 aromatic heterocycles. The molecule has 1 aromatic rings. The Labute approximate surface area is 108 Å². The summed E-state index contributed by atoms with van der Waals surface area (Å²) in [6, 6.07) is 2.10. The van der Waals surface area contributed by atoms with Gasteiger partial charge in [0.1, 0.15) is 5.69 Å². The van der Waals surface area contributed by atoms with Crippen molar-refractivity contribution in [3.63, 3.8) is 0 Å². The van der Waals surface area contributed by atoms with E-state index in [9.17, 15) is 18.0 Å². The molecule has 19 heavy (non-hydrogen) atoms. The molecule has 0 aliphatic rings. The topological polar surface area (TPSA) is 50.2 Å². The SMILES string of the molecule is CCC(C)c1nc(C(F)(F)F)ccc1C=CC(=O)O. The van der Waals surface area contributed by atoms with E-state index in [1.165, 1.54) is 12.1 Å². The van der Waals surface area contributed by atoms with Crippen LogP contribution in [0.25, 0.3) is 6.08 Å². The Morgan fingerprint density at radius 1 is 1.47 bits per heavy atom. The summed E-state index contributed by atoms with van der Waals surface area (Å²) in [7, 11) is 0. The van der Waals surface area contributed by atoms with Gasteiger partial charge in [-0.2, -0.15) is 13.2 Å². The van der Waals surface area contributed by atoms with Crippen molar-refractivity contribution in [2.24, 2.45) is 0 Å². The molecule has 1 unspecified atom stereocenters. The van der Waals surface area contributed by atoms with Crippen LogP contribution >= 0.6 is 0 Å². The van der Waals surface area contributed by atoms with Gasteiger partial charge in [0.15, 0.2) is 0 Å². The summed E-state index contributed by atoms with van der Waals surface area (Å²) in [5, 5.41) is 8.56. The Balaban J connectivity index is 3.28. The summed E-state index contributed by atoms with van der Waals surface area (Å²) in [6.07, 6.45) is -1.74. The first-order valence-electron chi connectivity index (χ1n) is 5.74. The molecular weight excluding hydrogens is 259 g/mol. The summed E-state index contributed by atoms with van der Waals surface area (Å²) in [6.45, 7) is 3.58. The Morgan fingerprint density at radius 2 is 2.11 bits per heavy atom. The first-order chi connectivity index (χ1) is 8.75. The highest BCUT2D eigenvalue weighted by atomic mass is 19.4. The zero-order valence-corrected chi connectivity index (χ0v) is 10.5. The molecule has 0 amide bonds. The van der Waals surface area contributed by atoms with E-state index >= 15 is 0 Å². The van der Waals surface area contributed by atoms with E-state index in [1.54, 1.807) is 6.92 Å². The lowest BCUT2D eigenvalue weighted by molar-refractivity contribution is -0.141. The fourth-order valence-corrected chi connectivity index (χ4v) is 1.53. The van der Waals surface area contributed by atoms with Crippen LogP contribution in [0.2, 0.25) is 0 Å². The molecule has 0 fully saturated rings. The highest BCUT2D eigenvalue weighted by Crippen LogP contribution is 2.31. The van der Waals surface area contributed by atoms with E-state index in [4.69, 9.17) is 5.11 Å². The molecule has 6 heteroatoms. The van der Waals surface area contributed by atoms with Crippen LogP contribution in [0.4, 0.5) is 13.2 Å². The number of hydrogen-bond donors (Lipinski definition) is 1. The van der Waals surface area contributed by atoms with Crippen molar-refractivity contribution < 1.29 is 23.1 Å². The number of carboxylic acids is 1. The van der Waals surface area contributed by atoms with Crippen LogP contribution in [0.15, 0.2) is 18.2 Å². The predicted octanol–water partition coefficient (Wildman–Crippen LogP) is 3.71. The molecule has 3 nitrogen and oxygen atoms in total. The lowest BCUT2D eigenvalue weighted by atomic mass is 9.98. The predicted molar refractivity (Wildman–Crippen MR) is 64.6 cm³/mol. The van der Waals surface area contributed by atoms with Crippen molar-refractivity contribution in [1.29, 1.82) is 0 Å². The average molecular weight is 273 g/mol. The van der Waals surface area contributed by atoms with Crippen LogP contribution in [-0.2, 0) is 11.0 Å². The average Bonchev–Trinajstić information content (AvgIpc) is 2.34. The van der Waals surface area contributed by atoms with E-state index in [1.807, 2.05) is 6.92 Å².